The first-order valence-corrected chi connectivity index (χ1v) is 11.2. The van der Waals surface area contributed by atoms with E-state index in [-0.39, 0.29) is 18.0 Å². The third-order valence-electron chi connectivity index (χ3n) is 7.32. The summed E-state index contributed by atoms with van der Waals surface area (Å²) in [5.41, 5.74) is 4.59. The summed E-state index contributed by atoms with van der Waals surface area (Å²) >= 11 is 0. The van der Waals surface area contributed by atoms with Crippen LogP contribution in [0.1, 0.15) is 36.3 Å². The van der Waals surface area contributed by atoms with Gasteiger partial charge in [0.05, 0.1) is 5.69 Å². The third kappa shape index (κ3) is 3.50. The summed E-state index contributed by atoms with van der Waals surface area (Å²) < 4.78 is 7.52. The summed E-state index contributed by atoms with van der Waals surface area (Å²) in [7, 11) is 2.21. The van der Waals surface area contributed by atoms with Gasteiger partial charge < -0.3 is 15.0 Å². The molecule has 3 aliphatic rings. The van der Waals surface area contributed by atoms with E-state index in [0.717, 1.165) is 11.3 Å². The summed E-state index contributed by atoms with van der Waals surface area (Å²) in [6.07, 6.45) is 5.59. The Morgan fingerprint density at radius 3 is 2.72 bits per heavy atom. The second-order valence-electron chi connectivity index (χ2n) is 9.08. The number of likely N-dealkylation sites (N-methyl/N-ethyl adjacent to an activating group) is 1. The van der Waals surface area contributed by atoms with Gasteiger partial charge >= 0.3 is 0 Å². The average molecular weight is 450 g/mol. The molecule has 0 amide bonds. The van der Waals surface area contributed by atoms with Crippen LogP contribution in [0.5, 0.6) is 5.75 Å². The highest BCUT2D eigenvalue weighted by Crippen LogP contribution is 2.49. The molecular weight excluding hydrogens is 422 g/mol. The molecular formula is C26H28ClN3O2. The number of aromatic nitrogens is 1. The van der Waals surface area contributed by atoms with Crippen molar-refractivity contribution < 1.29 is 4.74 Å². The summed E-state index contributed by atoms with van der Waals surface area (Å²) in [5.74, 6) is 1.15. The number of hydrogen-bond donors (Lipinski definition) is 1. The van der Waals surface area contributed by atoms with Crippen LogP contribution in [0.2, 0.25) is 0 Å². The number of nitrogens with one attached hydrogen (secondary N) is 1. The second-order valence-corrected chi connectivity index (χ2v) is 9.08. The zero-order chi connectivity index (χ0) is 20.9. The molecule has 6 rings (SSSR count). The number of pyridine rings is 1. The molecule has 4 atom stereocenters. The molecule has 0 radical (unpaired) electrons. The fourth-order valence-corrected chi connectivity index (χ4v) is 5.80. The summed E-state index contributed by atoms with van der Waals surface area (Å²) in [6, 6.07) is 21.7. The highest BCUT2D eigenvalue weighted by atomic mass is 35.5. The molecule has 0 aliphatic carbocycles. The number of anilines is 1. The van der Waals surface area contributed by atoms with E-state index in [0.29, 0.717) is 36.4 Å². The number of fused-ring (bicyclic) bond motifs is 6. The van der Waals surface area contributed by atoms with Gasteiger partial charge in [-0.05, 0) is 48.6 Å². The fraction of sp³-hybridized carbons (Fsp3) is 0.346. The Labute approximate surface area is 194 Å². The molecule has 3 aliphatic heterocycles. The minimum Gasteiger partial charge on any atom is -0.489 e. The first-order chi connectivity index (χ1) is 15.2. The maximum absolute atomic E-state index is 12.8. The normalized spacial score (nSPS) is 25.1. The van der Waals surface area contributed by atoms with Crippen molar-refractivity contribution in [1.82, 2.24) is 9.88 Å². The molecule has 2 fully saturated rings. The van der Waals surface area contributed by atoms with Crippen molar-refractivity contribution in [2.24, 2.45) is 0 Å². The van der Waals surface area contributed by atoms with Gasteiger partial charge in [0.2, 0.25) is 0 Å². The highest BCUT2D eigenvalue weighted by Gasteiger charge is 2.48. The van der Waals surface area contributed by atoms with Crippen LogP contribution in [0.15, 0.2) is 71.7 Å². The smallest absolute Gasteiger partial charge is 0.258 e. The van der Waals surface area contributed by atoms with E-state index in [2.05, 4.69) is 35.5 Å². The van der Waals surface area contributed by atoms with Crippen molar-refractivity contribution in [3.05, 3.63) is 88.3 Å². The fourth-order valence-electron chi connectivity index (χ4n) is 5.80. The van der Waals surface area contributed by atoms with Crippen molar-refractivity contribution in [2.75, 3.05) is 11.9 Å². The van der Waals surface area contributed by atoms with Crippen LogP contribution >= 0.6 is 12.4 Å². The number of nitrogens with zero attached hydrogens (tertiary/aromatic N) is 2. The van der Waals surface area contributed by atoms with Crippen molar-refractivity contribution in [3.63, 3.8) is 0 Å². The lowest BCUT2D eigenvalue weighted by molar-refractivity contribution is 0.305. The largest absolute Gasteiger partial charge is 0.489 e. The van der Waals surface area contributed by atoms with Crippen molar-refractivity contribution in [1.29, 1.82) is 0 Å². The topological polar surface area (TPSA) is 46.5 Å². The summed E-state index contributed by atoms with van der Waals surface area (Å²) in [4.78, 5) is 15.3. The Morgan fingerprint density at radius 1 is 1.06 bits per heavy atom. The Morgan fingerprint density at radius 2 is 1.91 bits per heavy atom. The Kier molecular flexibility index (Phi) is 5.48. The van der Waals surface area contributed by atoms with Gasteiger partial charge in [-0.1, -0.05) is 36.4 Å². The monoisotopic (exact) mass is 449 g/mol. The molecule has 0 saturated carbocycles. The molecule has 5 nitrogen and oxygen atoms in total. The summed E-state index contributed by atoms with van der Waals surface area (Å²) in [5, 5.41) is 3.81. The maximum atomic E-state index is 12.8. The zero-order valence-electron chi connectivity index (χ0n) is 18.1. The van der Waals surface area contributed by atoms with Gasteiger partial charge in [-0.3, -0.25) is 9.36 Å². The maximum Gasteiger partial charge on any atom is 0.258 e. The highest BCUT2D eigenvalue weighted by molar-refractivity contribution is 5.85. The van der Waals surface area contributed by atoms with E-state index in [4.69, 9.17) is 4.74 Å². The van der Waals surface area contributed by atoms with Crippen LogP contribution in [0.4, 0.5) is 5.69 Å². The van der Waals surface area contributed by atoms with Crippen molar-refractivity contribution >= 4 is 18.1 Å². The number of hydrogen-bond acceptors (Lipinski definition) is 4. The Balaban J connectivity index is 0.00000216. The number of ether oxygens (including phenoxy) is 1. The third-order valence-corrected chi connectivity index (χ3v) is 7.32. The van der Waals surface area contributed by atoms with Crippen molar-refractivity contribution in [2.45, 2.75) is 49.9 Å². The lowest BCUT2D eigenvalue weighted by atomic mass is 9.84. The minimum atomic E-state index is -0.0794. The standard InChI is InChI=1S/C26H27N3O2.ClH/c1-28-23-14-19(8-9-21(23)26-22-10-7-18(27-22)13-24(26)28)29-12-11-20(15-25(29)30)31-16-17-5-3-2-4-6-17;/h2-6,8-9,11-12,14-15,18,22,24,26-27H,7,10,13,16H2,1H3;1H/t18-,22+,24?,26?;/m1./s1. The molecule has 4 heterocycles. The van der Waals surface area contributed by atoms with Gasteiger partial charge in [0.15, 0.2) is 0 Å². The number of benzene rings is 2. The van der Waals surface area contributed by atoms with Crippen LogP contribution in [-0.2, 0) is 6.61 Å². The molecule has 2 bridgehead atoms. The van der Waals surface area contributed by atoms with Crippen LogP contribution in [-0.4, -0.2) is 29.7 Å². The van der Waals surface area contributed by atoms with Gasteiger partial charge in [0.25, 0.3) is 5.56 Å². The molecule has 1 N–H and O–H groups in total. The van der Waals surface area contributed by atoms with Crippen LogP contribution in [0.3, 0.4) is 0 Å². The molecule has 2 saturated heterocycles. The van der Waals surface area contributed by atoms with Gasteiger partial charge in [0, 0.05) is 49.0 Å². The van der Waals surface area contributed by atoms with E-state index in [1.165, 1.54) is 30.5 Å². The first-order valence-electron chi connectivity index (χ1n) is 11.2. The molecule has 166 valence electrons. The number of rotatable bonds is 4. The van der Waals surface area contributed by atoms with E-state index >= 15 is 0 Å². The lowest BCUT2D eigenvalue weighted by Gasteiger charge is -2.36. The van der Waals surface area contributed by atoms with Gasteiger partial charge in [0.1, 0.15) is 12.4 Å². The Bertz CT molecular complexity index is 1180. The van der Waals surface area contributed by atoms with Gasteiger partial charge in [-0.2, -0.15) is 0 Å². The predicted octanol–water partition coefficient (Wildman–Crippen LogP) is 4.26. The van der Waals surface area contributed by atoms with E-state index < -0.39 is 0 Å². The second kappa shape index (κ2) is 8.30. The van der Waals surface area contributed by atoms with Gasteiger partial charge in [-0.15, -0.1) is 12.4 Å². The molecule has 6 heteroatoms. The summed E-state index contributed by atoms with van der Waals surface area (Å²) in [6.45, 7) is 0.451. The minimum absolute atomic E-state index is 0. The molecule has 32 heavy (non-hydrogen) atoms. The van der Waals surface area contributed by atoms with Crippen LogP contribution in [0, 0.1) is 0 Å². The molecule has 0 spiro atoms. The van der Waals surface area contributed by atoms with Gasteiger partial charge in [-0.25, -0.2) is 0 Å². The molecule has 3 aromatic rings. The zero-order valence-corrected chi connectivity index (χ0v) is 18.9. The number of halogens is 1. The van der Waals surface area contributed by atoms with E-state index in [1.54, 1.807) is 10.6 Å². The SMILES string of the molecule is CN1c2cc(-n3ccc(OCc4ccccc4)cc3=O)ccc2C2C1C[C@H]1CC[C@@H]2N1.Cl. The van der Waals surface area contributed by atoms with Crippen LogP contribution in [0.25, 0.3) is 5.69 Å². The quantitative estimate of drug-likeness (QED) is 0.646. The molecule has 2 aromatic carbocycles. The first kappa shape index (κ1) is 21.1. The molecule has 2 unspecified atom stereocenters. The lowest BCUT2D eigenvalue weighted by Crippen LogP contribution is -2.49. The Hall–Kier alpha value is -2.76. The number of piperidine rings is 1. The van der Waals surface area contributed by atoms with E-state index in [1.807, 2.05) is 42.6 Å². The average Bonchev–Trinajstić information content (AvgIpc) is 3.31. The van der Waals surface area contributed by atoms with Crippen molar-refractivity contribution in [3.8, 4) is 11.4 Å². The molecule has 1 aromatic heterocycles. The predicted molar refractivity (Wildman–Crippen MR) is 130 cm³/mol. The van der Waals surface area contributed by atoms with Crippen LogP contribution < -0.4 is 20.5 Å². The van der Waals surface area contributed by atoms with E-state index in [9.17, 15) is 4.79 Å².